The number of likely N-dealkylation sites (N-methyl/N-ethyl adjacent to an activating group) is 1. The van der Waals surface area contributed by atoms with Gasteiger partial charge in [-0.15, -0.1) is 0 Å². The molecule has 2 aromatic heterocycles. The second-order valence-electron chi connectivity index (χ2n) is 4.74. The predicted molar refractivity (Wildman–Crippen MR) is 65.2 cm³/mol. The molecular formula is C12H16N4O. The fourth-order valence-electron chi connectivity index (χ4n) is 2.50. The molecule has 1 fully saturated rings. The smallest absolute Gasteiger partial charge is 0.183 e. The van der Waals surface area contributed by atoms with Gasteiger partial charge in [0, 0.05) is 30.8 Å². The highest BCUT2D eigenvalue weighted by Crippen LogP contribution is 2.17. The zero-order chi connectivity index (χ0) is 11.8. The summed E-state index contributed by atoms with van der Waals surface area (Å²) >= 11 is 0. The molecule has 0 bridgehead atoms. The number of aromatic nitrogens is 3. The molecule has 1 saturated heterocycles. The highest BCUT2D eigenvalue weighted by molar-refractivity contribution is 5.36. The monoisotopic (exact) mass is 232 g/mol. The first kappa shape index (κ1) is 10.5. The minimum atomic E-state index is 0.000958. The van der Waals surface area contributed by atoms with Crippen molar-refractivity contribution in [2.45, 2.75) is 25.3 Å². The first-order chi connectivity index (χ1) is 8.22. The average molecular weight is 232 g/mol. The normalized spacial score (nSPS) is 21.4. The quantitative estimate of drug-likeness (QED) is 0.827. The second kappa shape index (κ2) is 4.00. The zero-order valence-corrected chi connectivity index (χ0v) is 9.89. The Kier molecular flexibility index (Phi) is 2.48. The van der Waals surface area contributed by atoms with Gasteiger partial charge in [-0.3, -0.25) is 9.89 Å². The van der Waals surface area contributed by atoms with Gasteiger partial charge in [-0.2, -0.15) is 0 Å². The Morgan fingerprint density at radius 3 is 3.24 bits per heavy atom. The van der Waals surface area contributed by atoms with Crippen molar-refractivity contribution in [3.8, 4) is 0 Å². The average Bonchev–Trinajstić information content (AvgIpc) is 2.85. The molecule has 2 aromatic rings. The number of hydrogen-bond acceptors (Lipinski definition) is 3. The van der Waals surface area contributed by atoms with E-state index in [1.807, 2.05) is 0 Å². The maximum Gasteiger partial charge on any atom is 0.183 e. The van der Waals surface area contributed by atoms with Crippen molar-refractivity contribution in [1.82, 2.24) is 19.5 Å². The fraction of sp³-hybridized carbons (Fsp3) is 0.500. The highest BCUT2D eigenvalue weighted by Gasteiger charge is 2.22. The standard InChI is InChI=1S/C12H16N4O/c1-15-5-2-3-9(15)7-11-13-12-8-10(17)4-6-16(12)14-11/h4,6,8-9H,2-3,5,7H2,1H3,(H,13,14). The first-order valence-electron chi connectivity index (χ1n) is 6.00. The lowest BCUT2D eigenvalue weighted by Crippen LogP contribution is -2.27. The lowest BCUT2D eigenvalue weighted by Gasteiger charge is -2.17. The van der Waals surface area contributed by atoms with Gasteiger partial charge in [0.25, 0.3) is 0 Å². The molecule has 1 N–H and O–H groups in total. The van der Waals surface area contributed by atoms with E-state index in [0.717, 1.165) is 12.2 Å². The number of H-pyrrole nitrogens is 1. The van der Waals surface area contributed by atoms with Gasteiger partial charge in [-0.05, 0) is 26.4 Å². The third kappa shape index (κ3) is 1.98. The molecule has 5 heteroatoms. The van der Waals surface area contributed by atoms with E-state index in [1.54, 1.807) is 16.8 Å². The van der Waals surface area contributed by atoms with E-state index in [-0.39, 0.29) is 5.43 Å². The topological polar surface area (TPSA) is 53.4 Å². The van der Waals surface area contributed by atoms with E-state index in [9.17, 15) is 4.79 Å². The first-order valence-corrected chi connectivity index (χ1v) is 6.00. The van der Waals surface area contributed by atoms with Gasteiger partial charge in [-0.25, -0.2) is 9.50 Å². The van der Waals surface area contributed by atoms with Gasteiger partial charge in [0.15, 0.2) is 11.1 Å². The van der Waals surface area contributed by atoms with Crippen molar-refractivity contribution in [2.75, 3.05) is 13.6 Å². The summed E-state index contributed by atoms with van der Waals surface area (Å²) in [6, 6.07) is 3.66. The Balaban J connectivity index is 1.88. The maximum absolute atomic E-state index is 11.2. The van der Waals surface area contributed by atoms with Crippen molar-refractivity contribution >= 4 is 5.65 Å². The highest BCUT2D eigenvalue weighted by atomic mass is 16.1. The third-order valence-corrected chi connectivity index (χ3v) is 3.51. The van der Waals surface area contributed by atoms with Crippen LogP contribution in [-0.4, -0.2) is 39.1 Å². The van der Waals surface area contributed by atoms with E-state index in [4.69, 9.17) is 0 Å². The van der Waals surface area contributed by atoms with Gasteiger partial charge in [0.1, 0.15) is 5.82 Å². The predicted octanol–water partition coefficient (Wildman–Crippen LogP) is 0.659. The van der Waals surface area contributed by atoms with E-state index in [2.05, 4.69) is 22.0 Å². The summed E-state index contributed by atoms with van der Waals surface area (Å²) < 4.78 is 1.80. The molecule has 1 atom stereocenters. The number of hydrogen-bond donors (Lipinski definition) is 1. The Hall–Kier alpha value is -1.62. The molecule has 0 spiro atoms. The minimum Gasteiger partial charge on any atom is -0.303 e. The summed E-state index contributed by atoms with van der Waals surface area (Å²) in [6.07, 6.45) is 5.14. The molecule has 1 unspecified atom stereocenters. The second-order valence-corrected chi connectivity index (χ2v) is 4.74. The zero-order valence-electron chi connectivity index (χ0n) is 9.89. The molecule has 17 heavy (non-hydrogen) atoms. The number of fused-ring (bicyclic) bond motifs is 1. The van der Waals surface area contributed by atoms with Crippen molar-refractivity contribution in [3.05, 3.63) is 34.4 Å². The van der Waals surface area contributed by atoms with Crippen LogP contribution in [0.25, 0.3) is 5.65 Å². The largest absolute Gasteiger partial charge is 0.303 e. The van der Waals surface area contributed by atoms with Crippen LogP contribution in [0.15, 0.2) is 23.1 Å². The Morgan fingerprint density at radius 2 is 2.47 bits per heavy atom. The van der Waals surface area contributed by atoms with Crippen molar-refractivity contribution in [2.24, 2.45) is 0 Å². The van der Waals surface area contributed by atoms with Crippen LogP contribution >= 0.6 is 0 Å². The molecule has 3 rings (SSSR count). The molecule has 1 aliphatic rings. The van der Waals surface area contributed by atoms with Crippen molar-refractivity contribution in [3.63, 3.8) is 0 Å². The molecule has 90 valence electrons. The molecule has 0 saturated carbocycles. The fourth-order valence-corrected chi connectivity index (χ4v) is 2.50. The van der Waals surface area contributed by atoms with Crippen LogP contribution in [0.3, 0.4) is 0 Å². The van der Waals surface area contributed by atoms with Crippen LogP contribution in [0.2, 0.25) is 0 Å². The van der Waals surface area contributed by atoms with Crippen LogP contribution in [0.5, 0.6) is 0 Å². The third-order valence-electron chi connectivity index (χ3n) is 3.51. The number of aromatic amines is 1. The number of nitrogens with one attached hydrogen (secondary N) is 1. The Morgan fingerprint density at radius 1 is 1.59 bits per heavy atom. The van der Waals surface area contributed by atoms with Gasteiger partial charge in [-0.1, -0.05) is 0 Å². The molecule has 0 amide bonds. The molecule has 1 aliphatic heterocycles. The van der Waals surface area contributed by atoms with Crippen molar-refractivity contribution in [1.29, 1.82) is 0 Å². The van der Waals surface area contributed by atoms with Gasteiger partial charge >= 0.3 is 0 Å². The van der Waals surface area contributed by atoms with Gasteiger partial charge < -0.3 is 4.90 Å². The van der Waals surface area contributed by atoms with E-state index in [1.165, 1.54) is 25.5 Å². The van der Waals surface area contributed by atoms with Crippen LogP contribution < -0.4 is 5.43 Å². The van der Waals surface area contributed by atoms with Crippen molar-refractivity contribution < 1.29 is 0 Å². The lowest BCUT2D eigenvalue weighted by molar-refractivity contribution is 0.306. The summed E-state index contributed by atoms with van der Waals surface area (Å²) in [7, 11) is 2.16. The van der Waals surface area contributed by atoms with Gasteiger partial charge in [0.05, 0.1) is 0 Å². The summed E-state index contributed by atoms with van der Waals surface area (Å²) in [5, 5.41) is 3.21. The molecule has 3 heterocycles. The van der Waals surface area contributed by atoms with E-state index >= 15 is 0 Å². The number of pyridine rings is 1. The number of nitrogens with zero attached hydrogens (tertiary/aromatic N) is 3. The van der Waals surface area contributed by atoms with Crippen LogP contribution in [-0.2, 0) is 6.42 Å². The van der Waals surface area contributed by atoms with E-state index in [0.29, 0.717) is 11.7 Å². The minimum absolute atomic E-state index is 0.000958. The lowest BCUT2D eigenvalue weighted by atomic mass is 10.1. The Labute approximate surface area is 99.1 Å². The molecule has 0 aliphatic carbocycles. The van der Waals surface area contributed by atoms with Crippen LogP contribution in [0.1, 0.15) is 18.7 Å². The summed E-state index contributed by atoms with van der Waals surface area (Å²) in [4.78, 5) is 18.0. The number of rotatable bonds is 2. The van der Waals surface area contributed by atoms with Crippen LogP contribution in [0, 0.1) is 0 Å². The Bertz CT molecular complexity index is 585. The number of likely N-dealkylation sites (tertiary alicyclic amines) is 1. The van der Waals surface area contributed by atoms with E-state index < -0.39 is 0 Å². The SMILES string of the molecule is CN1CCCC1Cc1nc2cc(=O)ccn2[nH]1. The summed E-state index contributed by atoms with van der Waals surface area (Å²) in [6.45, 7) is 1.17. The molecule has 5 nitrogen and oxygen atoms in total. The maximum atomic E-state index is 11.2. The molecular weight excluding hydrogens is 216 g/mol. The van der Waals surface area contributed by atoms with Crippen LogP contribution in [0.4, 0.5) is 0 Å². The molecule has 0 radical (unpaired) electrons. The summed E-state index contributed by atoms with van der Waals surface area (Å²) in [5.41, 5.74) is 0.703. The molecule has 0 aromatic carbocycles. The van der Waals surface area contributed by atoms with Gasteiger partial charge in [0.2, 0.25) is 0 Å². The summed E-state index contributed by atoms with van der Waals surface area (Å²) in [5.74, 6) is 0.953.